The number of halogens is 1. The zero-order valence-corrected chi connectivity index (χ0v) is 17.1. The van der Waals surface area contributed by atoms with Gasteiger partial charge in [0, 0.05) is 16.5 Å². The quantitative estimate of drug-likeness (QED) is 0.303. The number of carbonyl (C=O) groups is 1. The monoisotopic (exact) mass is 430 g/mol. The van der Waals surface area contributed by atoms with Crippen LogP contribution in [0.4, 0.5) is 5.82 Å². The van der Waals surface area contributed by atoms with E-state index >= 15 is 0 Å². The molecule has 1 atom stereocenters. The number of benzene rings is 1. The largest absolute Gasteiger partial charge is 0.483 e. The van der Waals surface area contributed by atoms with Crippen molar-refractivity contribution in [2.45, 2.75) is 19.5 Å². The molecule has 0 fully saturated rings. The summed E-state index contributed by atoms with van der Waals surface area (Å²) in [5, 5.41) is 10.4. The molecule has 3 heterocycles. The topological polar surface area (TPSA) is 114 Å². The van der Waals surface area contributed by atoms with Crippen LogP contribution in [0.15, 0.2) is 53.1 Å². The third-order valence-corrected chi connectivity index (χ3v) is 5.58. The van der Waals surface area contributed by atoms with Crippen molar-refractivity contribution in [2.24, 2.45) is 5.73 Å². The Kier molecular flexibility index (Phi) is 6.82. The fraction of sp³-hybridized carbons (Fsp3) is 0.150. The molecule has 0 bridgehead atoms. The van der Waals surface area contributed by atoms with Gasteiger partial charge in [0.2, 0.25) is 5.28 Å². The molecule has 9 heteroatoms. The molecule has 4 aromatic rings. The molecule has 0 aliphatic rings. The lowest BCUT2D eigenvalue weighted by Gasteiger charge is -2.08. The number of nitrogens with two attached hydrogens (primary N) is 1. The highest BCUT2D eigenvalue weighted by Crippen LogP contribution is 2.43. The summed E-state index contributed by atoms with van der Waals surface area (Å²) < 4.78 is 6.32. The molecule has 0 radical (unpaired) electrons. The molecule has 0 saturated heterocycles. The van der Waals surface area contributed by atoms with Gasteiger partial charge in [0.05, 0.1) is 23.0 Å². The van der Waals surface area contributed by atoms with Crippen LogP contribution >= 0.6 is 22.9 Å². The molecule has 7 nitrogen and oxygen atoms in total. The zero-order chi connectivity index (χ0) is 20.8. The number of furan rings is 1. The molecule has 29 heavy (non-hydrogen) atoms. The highest BCUT2D eigenvalue weighted by molar-refractivity contribution is 7.20. The van der Waals surface area contributed by atoms with Crippen molar-refractivity contribution in [3.05, 3.63) is 64.6 Å². The van der Waals surface area contributed by atoms with Gasteiger partial charge in [0.1, 0.15) is 11.6 Å². The highest BCUT2D eigenvalue weighted by Gasteiger charge is 2.21. The molecule has 0 aliphatic heterocycles. The SMILES string of the molecule is CC(N)c1sc2c(NCc3ccco3)nc(Cl)nc2c1-c1ccccc1.O=CO. The second-order valence-electron chi connectivity index (χ2n) is 6.05. The first-order valence-corrected chi connectivity index (χ1v) is 9.89. The number of carboxylic acid groups (broad SMARTS) is 1. The molecule has 1 unspecified atom stereocenters. The van der Waals surface area contributed by atoms with Gasteiger partial charge in [0.25, 0.3) is 6.47 Å². The predicted molar refractivity (Wildman–Crippen MR) is 115 cm³/mol. The van der Waals surface area contributed by atoms with Crippen LogP contribution in [-0.2, 0) is 11.3 Å². The predicted octanol–water partition coefficient (Wildman–Crippen LogP) is 4.94. The average molecular weight is 431 g/mol. The van der Waals surface area contributed by atoms with E-state index in [0.29, 0.717) is 12.4 Å². The van der Waals surface area contributed by atoms with Gasteiger partial charge in [-0.2, -0.15) is 4.98 Å². The Bertz CT molecular complexity index is 1080. The standard InChI is InChI=1S/C19H17ClN4OS.CH2O2/c1-11(21)16-14(12-6-3-2-4-7-12)15-17(26-16)18(24-19(20)23-15)22-10-13-8-5-9-25-13;2-1-3/h2-9,11H,10,21H2,1H3,(H,22,23,24);1H,(H,2,3). The molecule has 0 spiro atoms. The molecule has 4 rings (SSSR count). The first kappa shape index (κ1) is 20.8. The van der Waals surface area contributed by atoms with Crippen LogP contribution in [0, 0.1) is 0 Å². The van der Waals surface area contributed by atoms with E-state index in [1.54, 1.807) is 17.6 Å². The van der Waals surface area contributed by atoms with E-state index in [0.717, 1.165) is 32.0 Å². The van der Waals surface area contributed by atoms with Crippen LogP contribution < -0.4 is 11.1 Å². The van der Waals surface area contributed by atoms with Crippen molar-refractivity contribution in [3.63, 3.8) is 0 Å². The zero-order valence-electron chi connectivity index (χ0n) is 15.5. The van der Waals surface area contributed by atoms with Gasteiger partial charge in [-0.25, -0.2) is 4.98 Å². The number of nitrogens with one attached hydrogen (secondary N) is 1. The molecule has 0 saturated carbocycles. The highest BCUT2D eigenvalue weighted by atomic mass is 35.5. The number of hydrogen-bond acceptors (Lipinski definition) is 7. The Labute approximate surface area is 176 Å². The van der Waals surface area contributed by atoms with E-state index in [1.165, 1.54) is 0 Å². The van der Waals surface area contributed by atoms with Crippen LogP contribution in [0.5, 0.6) is 0 Å². The number of nitrogens with zero attached hydrogens (tertiary/aromatic N) is 2. The Morgan fingerprint density at radius 2 is 2.00 bits per heavy atom. The molecule has 0 amide bonds. The summed E-state index contributed by atoms with van der Waals surface area (Å²) in [6, 6.07) is 13.7. The minimum atomic E-state index is -0.250. The maximum atomic E-state index is 8.36. The smallest absolute Gasteiger partial charge is 0.290 e. The summed E-state index contributed by atoms with van der Waals surface area (Å²) in [5.41, 5.74) is 9.15. The Hall–Kier alpha value is -2.94. The molecular weight excluding hydrogens is 412 g/mol. The first-order valence-electron chi connectivity index (χ1n) is 8.70. The van der Waals surface area contributed by atoms with Gasteiger partial charge < -0.3 is 20.6 Å². The number of aromatic nitrogens is 2. The van der Waals surface area contributed by atoms with Crippen molar-refractivity contribution >= 4 is 45.4 Å². The second-order valence-corrected chi connectivity index (χ2v) is 7.44. The maximum Gasteiger partial charge on any atom is 0.290 e. The van der Waals surface area contributed by atoms with Crippen LogP contribution in [0.2, 0.25) is 5.28 Å². The van der Waals surface area contributed by atoms with Crippen LogP contribution in [-0.4, -0.2) is 21.5 Å². The fourth-order valence-electron chi connectivity index (χ4n) is 2.88. The van der Waals surface area contributed by atoms with Crippen LogP contribution in [0.25, 0.3) is 21.3 Å². The minimum absolute atomic E-state index is 0.124. The molecule has 150 valence electrons. The van der Waals surface area contributed by atoms with E-state index in [-0.39, 0.29) is 17.8 Å². The number of rotatable bonds is 5. The fourth-order valence-corrected chi connectivity index (χ4v) is 4.23. The van der Waals surface area contributed by atoms with Crippen molar-refractivity contribution in [1.82, 2.24) is 9.97 Å². The van der Waals surface area contributed by atoms with Crippen LogP contribution in [0.1, 0.15) is 23.6 Å². The Balaban J connectivity index is 0.000000755. The molecular formula is C20H19ClN4O3S. The summed E-state index contributed by atoms with van der Waals surface area (Å²) >= 11 is 7.82. The third-order valence-electron chi connectivity index (χ3n) is 4.02. The minimum Gasteiger partial charge on any atom is -0.483 e. The van der Waals surface area contributed by atoms with E-state index in [2.05, 4.69) is 27.4 Å². The summed E-state index contributed by atoms with van der Waals surface area (Å²) in [4.78, 5) is 18.3. The summed E-state index contributed by atoms with van der Waals surface area (Å²) in [6.07, 6.45) is 1.65. The number of anilines is 1. The second kappa shape index (κ2) is 9.51. The van der Waals surface area contributed by atoms with Gasteiger partial charge in [-0.05, 0) is 36.2 Å². The molecule has 3 aromatic heterocycles. The average Bonchev–Trinajstić information content (AvgIpc) is 3.35. The molecule has 0 aliphatic carbocycles. The van der Waals surface area contributed by atoms with Gasteiger partial charge in [-0.3, -0.25) is 4.79 Å². The number of thiophene rings is 1. The lowest BCUT2D eigenvalue weighted by Crippen LogP contribution is -2.04. The lowest BCUT2D eigenvalue weighted by atomic mass is 10.0. The normalized spacial score (nSPS) is 11.6. The Morgan fingerprint density at radius 1 is 1.28 bits per heavy atom. The third kappa shape index (κ3) is 4.73. The van der Waals surface area contributed by atoms with Gasteiger partial charge >= 0.3 is 0 Å². The summed E-state index contributed by atoms with van der Waals surface area (Å²) in [7, 11) is 0. The van der Waals surface area contributed by atoms with Gasteiger partial charge in [-0.15, -0.1) is 11.3 Å². The first-order chi connectivity index (χ1) is 14.0. The lowest BCUT2D eigenvalue weighted by molar-refractivity contribution is -0.122. The van der Waals surface area contributed by atoms with E-state index in [4.69, 9.17) is 31.7 Å². The molecule has 4 N–H and O–H groups in total. The van der Waals surface area contributed by atoms with Crippen LogP contribution in [0.3, 0.4) is 0 Å². The van der Waals surface area contributed by atoms with Gasteiger partial charge in [-0.1, -0.05) is 30.3 Å². The number of hydrogen-bond donors (Lipinski definition) is 3. The summed E-state index contributed by atoms with van der Waals surface area (Å²) in [6.45, 7) is 2.24. The Morgan fingerprint density at radius 3 is 2.62 bits per heavy atom. The van der Waals surface area contributed by atoms with E-state index in [1.807, 2.05) is 37.3 Å². The maximum absolute atomic E-state index is 8.36. The molecule has 1 aromatic carbocycles. The van der Waals surface area contributed by atoms with Crippen molar-refractivity contribution < 1.29 is 14.3 Å². The van der Waals surface area contributed by atoms with Gasteiger partial charge in [0.15, 0.2) is 0 Å². The van der Waals surface area contributed by atoms with E-state index in [9.17, 15) is 0 Å². The summed E-state index contributed by atoms with van der Waals surface area (Å²) in [5.74, 6) is 1.51. The van der Waals surface area contributed by atoms with Crippen molar-refractivity contribution in [3.8, 4) is 11.1 Å². The van der Waals surface area contributed by atoms with E-state index < -0.39 is 0 Å². The van der Waals surface area contributed by atoms with Crippen molar-refractivity contribution in [2.75, 3.05) is 5.32 Å². The number of fused-ring (bicyclic) bond motifs is 1. The van der Waals surface area contributed by atoms with Crippen molar-refractivity contribution in [1.29, 1.82) is 0 Å².